The topological polar surface area (TPSA) is 29.5 Å². The van der Waals surface area contributed by atoms with E-state index >= 15 is 0 Å². The Morgan fingerprint density at radius 3 is 1.82 bits per heavy atom. The Morgan fingerprint density at radius 1 is 0.333 bits per heavy atom. The highest BCUT2D eigenvalue weighted by atomic mass is 16.3. The minimum atomic E-state index is 0.868. The molecule has 0 radical (unpaired) electrons. The van der Waals surface area contributed by atoms with Gasteiger partial charge in [-0.05, 0) is 98.7 Å². The van der Waals surface area contributed by atoms with Gasteiger partial charge in [0.25, 0.3) is 0 Å². The van der Waals surface area contributed by atoms with Crippen molar-refractivity contribution in [2.45, 2.75) is 0 Å². The SMILES string of the molecule is c1ccc2c(c1)ccc1ccc(N(c3ccc(-c4ccc5oc6ccccc6c5c4)cc3)c3cccc4oc5c6ccccc6ccc5c34)cc12. The standard InChI is InChI=1S/C48H29NO2/c1-3-10-37-31(8-1)16-17-33-20-25-36(29-41(33)37)49(43-13-7-15-46-47(43)40-26-21-32-9-2-4-11-38(32)48(40)51-46)35-23-18-30(19-24-35)34-22-27-45-42(28-34)39-12-5-6-14-44(39)50-45/h1-29H. The van der Waals surface area contributed by atoms with E-state index in [9.17, 15) is 0 Å². The number of benzene rings is 9. The number of para-hydroxylation sites is 1. The number of hydrogen-bond acceptors (Lipinski definition) is 3. The van der Waals surface area contributed by atoms with Gasteiger partial charge in [0.15, 0.2) is 0 Å². The molecule has 0 unspecified atom stereocenters. The summed E-state index contributed by atoms with van der Waals surface area (Å²) in [5.41, 5.74) is 9.11. The summed E-state index contributed by atoms with van der Waals surface area (Å²) in [5.74, 6) is 0. The predicted octanol–water partition coefficient (Wildman–Crippen LogP) is 14.1. The number of rotatable bonds is 4. The van der Waals surface area contributed by atoms with E-state index in [0.717, 1.165) is 77.5 Å². The largest absolute Gasteiger partial charge is 0.456 e. The summed E-state index contributed by atoms with van der Waals surface area (Å²) < 4.78 is 12.8. The minimum absolute atomic E-state index is 0.868. The maximum atomic E-state index is 6.66. The fourth-order valence-electron chi connectivity index (χ4n) is 7.99. The van der Waals surface area contributed by atoms with E-state index in [1.165, 1.54) is 26.9 Å². The van der Waals surface area contributed by atoms with E-state index in [1.807, 2.05) is 12.1 Å². The molecule has 0 atom stereocenters. The van der Waals surface area contributed by atoms with E-state index in [-0.39, 0.29) is 0 Å². The normalized spacial score (nSPS) is 11.9. The molecule has 3 heteroatoms. The molecule has 11 rings (SSSR count). The second-order valence-corrected chi connectivity index (χ2v) is 13.3. The Labute approximate surface area is 293 Å². The number of anilines is 3. The van der Waals surface area contributed by atoms with Crippen molar-refractivity contribution >= 4 is 93.3 Å². The third-order valence-corrected chi connectivity index (χ3v) is 10.4. The lowest BCUT2D eigenvalue weighted by atomic mass is 9.99. The lowest BCUT2D eigenvalue weighted by molar-refractivity contribution is 0.669. The first-order valence-corrected chi connectivity index (χ1v) is 17.3. The lowest BCUT2D eigenvalue weighted by Crippen LogP contribution is -2.10. The van der Waals surface area contributed by atoms with Crippen molar-refractivity contribution in [3.05, 3.63) is 176 Å². The molecule has 0 fully saturated rings. The molecular formula is C48H29NO2. The van der Waals surface area contributed by atoms with Gasteiger partial charge in [0.1, 0.15) is 22.3 Å². The van der Waals surface area contributed by atoms with Gasteiger partial charge in [0.05, 0.1) is 11.1 Å². The molecule has 0 aliphatic rings. The molecule has 0 aliphatic carbocycles. The van der Waals surface area contributed by atoms with Crippen molar-refractivity contribution in [2.75, 3.05) is 4.90 Å². The van der Waals surface area contributed by atoms with Crippen molar-refractivity contribution in [1.29, 1.82) is 0 Å². The fourth-order valence-corrected chi connectivity index (χ4v) is 7.99. The predicted molar refractivity (Wildman–Crippen MR) is 214 cm³/mol. The third kappa shape index (κ3) is 4.32. The van der Waals surface area contributed by atoms with E-state index in [1.54, 1.807) is 0 Å². The summed E-state index contributed by atoms with van der Waals surface area (Å²) >= 11 is 0. The van der Waals surface area contributed by atoms with Gasteiger partial charge in [-0.25, -0.2) is 0 Å². The molecule has 9 aromatic carbocycles. The van der Waals surface area contributed by atoms with E-state index in [0.29, 0.717) is 0 Å². The number of nitrogens with zero attached hydrogens (tertiary/aromatic N) is 1. The maximum Gasteiger partial charge on any atom is 0.143 e. The van der Waals surface area contributed by atoms with Crippen molar-refractivity contribution in [1.82, 2.24) is 0 Å². The lowest BCUT2D eigenvalue weighted by Gasteiger charge is -2.27. The second-order valence-electron chi connectivity index (χ2n) is 13.3. The van der Waals surface area contributed by atoms with Crippen molar-refractivity contribution in [3.63, 3.8) is 0 Å². The summed E-state index contributed by atoms with van der Waals surface area (Å²) in [6.07, 6.45) is 0. The third-order valence-electron chi connectivity index (χ3n) is 10.4. The van der Waals surface area contributed by atoms with Crippen molar-refractivity contribution < 1.29 is 8.83 Å². The van der Waals surface area contributed by atoms with Crippen molar-refractivity contribution in [2.24, 2.45) is 0 Å². The van der Waals surface area contributed by atoms with Crippen LogP contribution in [-0.4, -0.2) is 0 Å². The molecule has 0 amide bonds. The van der Waals surface area contributed by atoms with Crippen LogP contribution in [0.1, 0.15) is 0 Å². The minimum Gasteiger partial charge on any atom is -0.456 e. The summed E-state index contributed by atoms with van der Waals surface area (Å²) in [6, 6.07) is 62.7. The molecule has 2 heterocycles. The number of furan rings is 2. The summed E-state index contributed by atoms with van der Waals surface area (Å²) in [6.45, 7) is 0. The van der Waals surface area contributed by atoms with Crippen LogP contribution < -0.4 is 4.90 Å². The zero-order valence-corrected chi connectivity index (χ0v) is 27.5. The molecule has 3 nitrogen and oxygen atoms in total. The first-order valence-electron chi connectivity index (χ1n) is 17.3. The molecule has 2 aromatic heterocycles. The maximum absolute atomic E-state index is 6.66. The second kappa shape index (κ2) is 10.8. The summed E-state index contributed by atoms with van der Waals surface area (Å²) in [4.78, 5) is 2.38. The first-order chi connectivity index (χ1) is 25.3. The molecule has 0 bridgehead atoms. The van der Waals surface area contributed by atoms with Crippen LogP contribution in [0.3, 0.4) is 0 Å². The monoisotopic (exact) mass is 651 g/mol. The van der Waals surface area contributed by atoms with Gasteiger partial charge in [-0.1, -0.05) is 115 Å². The van der Waals surface area contributed by atoms with Crippen LogP contribution in [0.5, 0.6) is 0 Å². The quantitative estimate of drug-likeness (QED) is 0.177. The highest BCUT2D eigenvalue weighted by Crippen LogP contribution is 2.45. The van der Waals surface area contributed by atoms with Crippen LogP contribution >= 0.6 is 0 Å². The van der Waals surface area contributed by atoms with E-state index < -0.39 is 0 Å². The Bertz CT molecular complexity index is 3150. The molecule has 51 heavy (non-hydrogen) atoms. The summed E-state index contributed by atoms with van der Waals surface area (Å²) in [5, 5.41) is 11.7. The average molecular weight is 652 g/mol. The van der Waals surface area contributed by atoms with Gasteiger partial charge in [-0.2, -0.15) is 0 Å². The fraction of sp³-hybridized carbons (Fsp3) is 0. The van der Waals surface area contributed by atoms with E-state index in [4.69, 9.17) is 8.83 Å². The first kappa shape index (κ1) is 28.0. The molecular weight excluding hydrogens is 623 g/mol. The molecule has 0 spiro atoms. The molecule has 0 saturated heterocycles. The van der Waals surface area contributed by atoms with Gasteiger partial charge in [0.2, 0.25) is 0 Å². The van der Waals surface area contributed by atoms with Crippen LogP contribution in [0.15, 0.2) is 185 Å². The zero-order valence-electron chi connectivity index (χ0n) is 27.5. The van der Waals surface area contributed by atoms with Crippen molar-refractivity contribution in [3.8, 4) is 11.1 Å². The molecule has 238 valence electrons. The van der Waals surface area contributed by atoms with Gasteiger partial charge in [-0.15, -0.1) is 0 Å². The highest BCUT2D eigenvalue weighted by molar-refractivity contribution is 6.20. The zero-order chi connectivity index (χ0) is 33.5. The van der Waals surface area contributed by atoms with Crippen LogP contribution in [0.4, 0.5) is 17.1 Å². The Balaban J connectivity index is 1.13. The molecule has 0 aliphatic heterocycles. The Kier molecular flexibility index (Phi) is 5.96. The molecule has 11 aromatic rings. The van der Waals surface area contributed by atoms with Gasteiger partial charge in [0, 0.05) is 32.9 Å². The number of hydrogen-bond donors (Lipinski definition) is 0. The van der Waals surface area contributed by atoms with Gasteiger partial charge in [-0.3, -0.25) is 0 Å². The molecule has 0 N–H and O–H groups in total. The van der Waals surface area contributed by atoms with Crippen LogP contribution in [-0.2, 0) is 0 Å². The Hall–Kier alpha value is -6.84. The summed E-state index contributed by atoms with van der Waals surface area (Å²) in [7, 11) is 0. The van der Waals surface area contributed by atoms with Gasteiger partial charge < -0.3 is 13.7 Å². The van der Waals surface area contributed by atoms with Gasteiger partial charge >= 0.3 is 0 Å². The number of fused-ring (bicyclic) bond motifs is 11. The van der Waals surface area contributed by atoms with Crippen LogP contribution in [0, 0.1) is 0 Å². The van der Waals surface area contributed by atoms with Crippen LogP contribution in [0.25, 0.3) is 87.3 Å². The smallest absolute Gasteiger partial charge is 0.143 e. The van der Waals surface area contributed by atoms with Crippen LogP contribution in [0.2, 0.25) is 0 Å². The highest BCUT2D eigenvalue weighted by Gasteiger charge is 2.21. The van der Waals surface area contributed by atoms with E-state index in [2.05, 4.69) is 169 Å². The Morgan fingerprint density at radius 2 is 0.961 bits per heavy atom. The molecule has 0 saturated carbocycles. The average Bonchev–Trinajstić information content (AvgIpc) is 3.77.